The van der Waals surface area contributed by atoms with E-state index in [4.69, 9.17) is 5.11 Å². The molecule has 0 amide bonds. The average molecular weight is 259 g/mol. The summed E-state index contributed by atoms with van der Waals surface area (Å²) < 4.78 is 0. The maximum absolute atomic E-state index is 10.8. The van der Waals surface area contributed by atoms with E-state index in [1.807, 2.05) is 12.1 Å². The maximum Gasteiger partial charge on any atom is 0.335 e. The van der Waals surface area contributed by atoms with Gasteiger partial charge in [-0.2, -0.15) is 0 Å². The minimum absolute atomic E-state index is 0.374. The van der Waals surface area contributed by atoms with Gasteiger partial charge in [-0.25, -0.2) is 4.79 Å². The fraction of sp³-hybridized carbons (Fsp3) is 0.562. The van der Waals surface area contributed by atoms with E-state index in [-0.39, 0.29) is 0 Å². The minimum atomic E-state index is -0.848. The van der Waals surface area contributed by atoms with Crippen molar-refractivity contribution in [3.05, 3.63) is 35.4 Å². The molecule has 0 radical (unpaired) electrons. The number of hydrogen-bond acceptors (Lipinski definition) is 2. The van der Waals surface area contributed by atoms with Crippen LogP contribution in [0.15, 0.2) is 24.3 Å². The smallest absolute Gasteiger partial charge is 0.335 e. The molecule has 1 aliphatic carbocycles. The largest absolute Gasteiger partial charge is 0.478 e. The molecular formula is C16H21NO2. The number of nitrogens with zero attached hydrogens (tertiary/aromatic N) is 1. The molecule has 1 saturated carbocycles. The third-order valence-corrected chi connectivity index (χ3v) is 4.66. The zero-order valence-electron chi connectivity index (χ0n) is 11.2. The number of likely N-dealkylation sites (tertiary alicyclic amines) is 1. The summed E-state index contributed by atoms with van der Waals surface area (Å²) in [6, 6.07) is 7.32. The number of carbonyl (C=O) groups is 1. The van der Waals surface area contributed by atoms with Crippen LogP contribution in [0.3, 0.4) is 0 Å². The molecular weight excluding hydrogens is 238 g/mol. The summed E-state index contributed by atoms with van der Waals surface area (Å²) in [4.78, 5) is 13.4. The van der Waals surface area contributed by atoms with E-state index < -0.39 is 5.97 Å². The van der Waals surface area contributed by atoms with Gasteiger partial charge in [0.05, 0.1) is 5.56 Å². The van der Waals surface area contributed by atoms with Gasteiger partial charge in [-0.1, -0.05) is 25.0 Å². The highest BCUT2D eigenvalue weighted by molar-refractivity contribution is 5.87. The van der Waals surface area contributed by atoms with Crippen LogP contribution in [-0.4, -0.2) is 29.1 Å². The summed E-state index contributed by atoms with van der Waals surface area (Å²) in [6.07, 6.45) is 5.61. The summed E-state index contributed by atoms with van der Waals surface area (Å²) in [5, 5.41) is 8.89. The van der Waals surface area contributed by atoms with Crippen molar-refractivity contribution in [3.8, 4) is 0 Å². The van der Waals surface area contributed by atoms with Crippen molar-refractivity contribution in [2.45, 2.75) is 32.2 Å². The van der Waals surface area contributed by atoms with Crippen LogP contribution < -0.4 is 0 Å². The van der Waals surface area contributed by atoms with Crippen LogP contribution >= 0.6 is 0 Å². The van der Waals surface area contributed by atoms with E-state index in [1.165, 1.54) is 44.3 Å². The highest BCUT2D eigenvalue weighted by Gasteiger charge is 2.33. The van der Waals surface area contributed by atoms with E-state index in [2.05, 4.69) is 4.90 Å². The maximum atomic E-state index is 10.8. The zero-order valence-corrected chi connectivity index (χ0v) is 11.2. The molecule has 3 nitrogen and oxygen atoms in total. The Hall–Kier alpha value is -1.35. The second kappa shape index (κ2) is 5.33. The highest BCUT2D eigenvalue weighted by atomic mass is 16.4. The number of aromatic carboxylic acids is 1. The lowest BCUT2D eigenvalue weighted by atomic mass is 9.82. The van der Waals surface area contributed by atoms with Gasteiger partial charge in [0.1, 0.15) is 0 Å². The standard InChI is InChI=1S/C16H21NO2/c18-16(19)13-7-5-12(6-8-13)9-17-10-14-3-1-2-4-15(14)11-17/h5-8,14-15H,1-4,9-11H2,(H,18,19). The van der Waals surface area contributed by atoms with Gasteiger partial charge >= 0.3 is 5.97 Å². The van der Waals surface area contributed by atoms with Crippen molar-refractivity contribution in [1.82, 2.24) is 4.90 Å². The summed E-state index contributed by atoms with van der Waals surface area (Å²) in [5.41, 5.74) is 1.60. The average Bonchev–Trinajstić information content (AvgIpc) is 2.81. The fourth-order valence-electron chi connectivity index (χ4n) is 3.64. The second-order valence-electron chi connectivity index (χ2n) is 6.00. The Kier molecular flexibility index (Phi) is 3.56. The quantitative estimate of drug-likeness (QED) is 0.907. The third-order valence-electron chi connectivity index (χ3n) is 4.66. The Balaban J connectivity index is 1.61. The zero-order chi connectivity index (χ0) is 13.2. The first-order valence-corrected chi connectivity index (χ1v) is 7.27. The number of carboxylic acid groups (broad SMARTS) is 1. The van der Waals surface area contributed by atoms with Gasteiger partial charge in [0.2, 0.25) is 0 Å². The lowest BCUT2D eigenvalue weighted by molar-refractivity contribution is 0.0697. The van der Waals surface area contributed by atoms with Gasteiger partial charge in [-0.3, -0.25) is 4.90 Å². The molecule has 2 atom stereocenters. The third kappa shape index (κ3) is 2.81. The molecule has 102 valence electrons. The van der Waals surface area contributed by atoms with Crippen molar-refractivity contribution in [3.63, 3.8) is 0 Å². The van der Waals surface area contributed by atoms with Gasteiger partial charge in [0, 0.05) is 19.6 Å². The first-order chi connectivity index (χ1) is 9.22. The molecule has 3 rings (SSSR count). The molecule has 0 spiro atoms. The van der Waals surface area contributed by atoms with Crippen molar-refractivity contribution in [2.24, 2.45) is 11.8 Å². The van der Waals surface area contributed by atoms with Crippen molar-refractivity contribution in [2.75, 3.05) is 13.1 Å². The Morgan fingerprint density at radius 2 is 1.68 bits per heavy atom. The number of fused-ring (bicyclic) bond motifs is 1. The molecule has 1 aliphatic heterocycles. The van der Waals surface area contributed by atoms with E-state index in [9.17, 15) is 4.79 Å². The van der Waals surface area contributed by atoms with E-state index in [1.54, 1.807) is 12.1 Å². The van der Waals surface area contributed by atoms with Crippen LogP contribution in [0.1, 0.15) is 41.6 Å². The summed E-state index contributed by atoms with van der Waals surface area (Å²) >= 11 is 0. The van der Waals surface area contributed by atoms with Crippen LogP contribution in [0.25, 0.3) is 0 Å². The summed E-state index contributed by atoms with van der Waals surface area (Å²) in [6.45, 7) is 3.42. The summed E-state index contributed by atoms with van der Waals surface area (Å²) in [7, 11) is 0. The number of benzene rings is 1. The van der Waals surface area contributed by atoms with E-state index >= 15 is 0 Å². The first-order valence-electron chi connectivity index (χ1n) is 7.27. The van der Waals surface area contributed by atoms with E-state index in [0.29, 0.717) is 5.56 Å². The Morgan fingerprint density at radius 3 is 2.21 bits per heavy atom. The number of hydrogen-bond donors (Lipinski definition) is 1. The lowest BCUT2D eigenvalue weighted by Gasteiger charge is -2.23. The predicted octanol–water partition coefficient (Wildman–Crippen LogP) is 3.01. The van der Waals surface area contributed by atoms with Gasteiger partial charge in [-0.15, -0.1) is 0 Å². The van der Waals surface area contributed by atoms with E-state index in [0.717, 1.165) is 18.4 Å². The minimum Gasteiger partial charge on any atom is -0.478 e. The molecule has 2 aliphatic rings. The van der Waals surface area contributed by atoms with Crippen LogP contribution in [-0.2, 0) is 6.54 Å². The molecule has 1 aromatic rings. The molecule has 3 heteroatoms. The molecule has 2 fully saturated rings. The van der Waals surface area contributed by atoms with Crippen LogP contribution in [0.2, 0.25) is 0 Å². The molecule has 1 aromatic carbocycles. The topological polar surface area (TPSA) is 40.5 Å². The molecule has 1 N–H and O–H groups in total. The van der Waals surface area contributed by atoms with Gasteiger partial charge in [-0.05, 0) is 42.4 Å². The molecule has 19 heavy (non-hydrogen) atoms. The molecule has 1 saturated heterocycles. The highest BCUT2D eigenvalue weighted by Crippen LogP contribution is 2.36. The Bertz CT molecular complexity index is 440. The van der Waals surface area contributed by atoms with Gasteiger partial charge in [0.15, 0.2) is 0 Å². The molecule has 2 unspecified atom stereocenters. The molecule has 1 heterocycles. The van der Waals surface area contributed by atoms with Gasteiger partial charge < -0.3 is 5.11 Å². The molecule has 0 bridgehead atoms. The van der Waals surface area contributed by atoms with Crippen LogP contribution in [0.5, 0.6) is 0 Å². The monoisotopic (exact) mass is 259 g/mol. The van der Waals surface area contributed by atoms with Crippen molar-refractivity contribution in [1.29, 1.82) is 0 Å². The normalized spacial score (nSPS) is 27.2. The van der Waals surface area contributed by atoms with Crippen LogP contribution in [0.4, 0.5) is 0 Å². The first kappa shape index (κ1) is 12.7. The number of carboxylic acids is 1. The summed E-state index contributed by atoms with van der Waals surface area (Å²) in [5.74, 6) is 0.970. The predicted molar refractivity (Wildman–Crippen MR) is 74.1 cm³/mol. The lowest BCUT2D eigenvalue weighted by Crippen LogP contribution is -2.20. The van der Waals surface area contributed by atoms with Crippen molar-refractivity contribution < 1.29 is 9.90 Å². The second-order valence-corrected chi connectivity index (χ2v) is 6.00. The number of rotatable bonds is 3. The molecule has 0 aromatic heterocycles. The van der Waals surface area contributed by atoms with Gasteiger partial charge in [0.25, 0.3) is 0 Å². The Morgan fingerprint density at radius 1 is 1.11 bits per heavy atom. The van der Waals surface area contributed by atoms with Crippen molar-refractivity contribution >= 4 is 5.97 Å². The fourth-order valence-corrected chi connectivity index (χ4v) is 3.64. The Labute approximate surface area is 114 Å². The SMILES string of the molecule is O=C(O)c1ccc(CN2CC3CCCCC3C2)cc1. The van der Waals surface area contributed by atoms with Crippen LogP contribution in [0, 0.1) is 11.8 Å².